The SMILES string of the molecule is CCCCN(CCCNC(=O)[C@@H]1CCCN(S(=O)(=O)CCC)C1)Cc1ccccc1. The number of sulfonamides is 1. The summed E-state index contributed by atoms with van der Waals surface area (Å²) >= 11 is 0. The van der Waals surface area contributed by atoms with Crippen LogP contribution in [0.15, 0.2) is 30.3 Å². The summed E-state index contributed by atoms with van der Waals surface area (Å²) in [4.78, 5) is 15.0. The summed E-state index contributed by atoms with van der Waals surface area (Å²) in [5, 5.41) is 3.04. The minimum absolute atomic E-state index is 0.00503. The number of benzene rings is 1. The van der Waals surface area contributed by atoms with Crippen molar-refractivity contribution in [2.24, 2.45) is 5.92 Å². The number of piperidine rings is 1. The Hall–Kier alpha value is -1.44. The fourth-order valence-corrected chi connectivity index (χ4v) is 5.54. The van der Waals surface area contributed by atoms with Gasteiger partial charge in [0.2, 0.25) is 15.9 Å². The van der Waals surface area contributed by atoms with Gasteiger partial charge in [-0.05, 0) is 44.2 Å². The molecule has 0 radical (unpaired) electrons. The van der Waals surface area contributed by atoms with E-state index in [2.05, 4.69) is 41.4 Å². The average molecular weight is 438 g/mol. The first kappa shape index (κ1) is 24.8. The number of nitrogens with zero attached hydrogens (tertiary/aromatic N) is 2. The van der Waals surface area contributed by atoms with Gasteiger partial charge in [-0.2, -0.15) is 0 Å². The van der Waals surface area contributed by atoms with E-state index >= 15 is 0 Å². The third kappa shape index (κ3) is 8.36. The van der Waals surface area contributed by atoms with Crippen molar-refractivity contribution in [2.75, 3.05) is 38.5 Å². The van der Waals surface area contributed by atoms with Crippen LogP contribution in [0.2, 0.25) is 0 Å². The van der Waals surface area contributed by atoms with Crippen LogP contribution < -0.4 is 5.32 Å². The molecule has 30 heavy (non-hydrogen) atoms. The minimum Gasteiger partial charge on any atom is -0.356 e. The van der Waals surface area contributed by atoms with E-state index in [1.165, 1.54) is 22.7 Å². The van der Waals surface area contributed by atoms with Gasteiger partial charge >= 0.3 is 0 Å². The van der Waals surface area contributed by atoms with Gasteiger partial charge in [0.15, 0.2) is 0 Å². The second-order valence-corrected chi connectivity index (χ2v) is 10.4. The van der Waals surface area contributed by atoms with E-state index in [0.717, 1.165) is 38.9 Å². The smallest absolute Gasteiger partial charge is 0.224 e. The molecule has 0 aromatic heterocycles. The third-order valence-corrected chi connectivity index (χ3v) is 7.68. The topological polar surface area (TPSA) is 69.7 Å². The minimum atomic E-state index is -3.23. The molecule has 1 N–H and O–H groups in total. The predicted molar refractivity (Wildman–Crippen MR) is 123 cm³/mol. The zero-order chi connectivity index (χ0) is 21.8. The monoisotopic (exact) mass is 437 g/mol. The second-order valence-electron chi connectivity index (χ2n) is 8.27. The number of unbranched alkanes of at least 4 members (excludes halogenated alkanes) is 1. The summed E-state index contributed by atoms with van der Waals surface area (Å²) in [7, 11) is -3.23. The van der Waals surface area contributed by atoms with Crippen LogP contribution in [-0.2, 0) is 21.4 Å². The molecule has 0 saturated carbocycles. The zero-order valence-electron chi connectivity index (χ0n) is 18.7. The predicted octanol–water partition coefficient (Wildman–Crippen LogP) is 3.25. The Kier molecular flexibility index (Phi) is 10.8. The molecular formula is C23H39N3O3S. The molecule has 170 valence electrons. The van der Waals surface area contributed by atoms with Crippen LogP contribution in [0.25, 0.3) is 0 Å². The molecule has 0 aliphatic carbocycles. The lowest BCUT2D eigenvalue weighted by molar-refractivity contribution is -0.126. The number of nitrogens with one attached hydrogen (secondary N) is 1. The Balaban J connectivity index is 1.76. The first-order valence-electron chi connectivity index (χ1n) is 11.5. The van der Waals surface area contributed by atoms with Crippen LogP contribution in [0.3, 0.4) is 0 Å². The Labute approximate surface area is 183 Å². The Morgan fingerprint density at radius 2 is 1.87 bits per heavy atom. The van der Waals surface area contributed by atoms with E-state index in [0.29, 0.717) is 26.1 Å². The molecule has 2 rings (SSSR count). The summed E-state index contributed by atoms with van der Waals surface area (Å²) in [5.41, 5.74) is 1.31. The molecule has 1 atom stereocenters. The third-order valence-electron chi connectivity index (χ3n) is 5.64. The fourth-order valence-electron chi connectivity index (χ4n) is 3.95. The first-order chi connectivity index (χ1) is 14.5. The van der Waals surface area contributed by atoms with Gasteiger partial charge in [0.1, 0.15) is 0 Å². The molecule has 0 bridgehead atoms. The number of hydrogen-bond donors (Lipinski definition) is 1. The largest absolute Gasteiger partial charge is 0.356 e. The van der Waals surface area contributed by atoms with Crippen molar-refractivity contribution in [3.63, 3.8) is 0 Å². The number of carbonyl (C=O) groups excluding carboxylic acids is 1. The normalized spacial score (nSPS) is 17.9. The second kappa shape index (κ2) is 13.1. The van der Waals surface area contributed by atoms with Gasteiger partial charge < -0.3 is 5.32 Å². The molecule has 1 aliphatic heterocycles. The lowest BCUT2D eigenvalue weighted by atomic mass is 9.99. The quantitative estimate of drug-likeness (QED) is 0.481. The number of hydrogen-bond acceptors (Lipinski definition) is 4. The fraction of sp³-hybridized carbons (Fsp3) is 0.696. The van der Waals surface area contributed by atoms with Crippen LogP contribution in [0.5, 0.6) is 0 Å². The molecule has 1 fully saturated rings. The number of amides is 1. The summed E-state index contributed by atoms with van der Waals surface area (Å²) < 4.78 is 26.1. The highest BCUT2D eigenvalue weighted by Crippen LogP contribution is 2.20. The molecule has 1 heterocycles. The molecule has 1 saturated heterocycles. The standard InChI is InChI=1S/C23H39N3O3S/c1-3-5-15-25(19-21-11-7-6-8-12-21)16-10-14-24-23(27)22-13-9-17-26(20-22)30(28,29)18-4-2/h6-8,11-12,22H,3-5,9-10,13-20H2,1-2H3,(H,24,27)/t22-/m1/s1. The number of carbonyl (C=O) groups is 1. The van der Waals surface area contributed by atoms with E-state index in [1.807, 2.05) is 13.0 Å². The Morgan fingerprint density at radius 1 is 1.13 bits per heavy atom. The molecule has 0 unspecified atom stereocenters. The molecule has 1 amide bonds. The van der Waals surface area contributed by atoms with Gasteiger partial charge in [-0.25, -0.2) is 12.7 Å². The van der Waals surface area contributed by atoms with Gasteiger partial charge in [-0.3, -0.25) is 9.69 Å². The molecule has 1 aromatic rings. The highest BCUT2D eigenvalue weighted by atomic mass is 32.2. The van der Waals surface area contributed by atoms with Gasteiger partial charge in [-0.1, -0.05) is 50.6 Å². The summed E-state index contributed by atoms with van der Waals surface area (Å²) in [5.74, 6) is -0.0726. The van der Waals surface area contributed by atoms with Crippen molar-refractivity contribution >= 4 is 15.9 Å². The van der Waals surface area contributed by atoms with Crippen LogP contribution in [0, 0.1) is 5.92 Å². The molecular weight excluding hydrogens is 398 g/mol. The van der Waals surface area contributed by atoms with E-state index in [4.69, 9.17) is 0 Å². The van der Waals surface area contributed by atoms with Gasteiger partial charge in [0, 0.05) is 32.7 Å². The first-order valence-corrected chi connectivity index (χ1v) is 13.1. The van der Waals surface area contributed by atoms with Crippen LogP contribution in [0.1, 0.15) is 57.9 Å². The van der Waals surface area contributed by atoms with Crippen LogP contribution in [0.4, 0.5) is 0 Å². The van der Waals surface area contributed by atoms with Crippen LogP contribution in [-0.4, -0.2) is 62.0 Å². The van der Waals surface area contributed by atoms with E-state index in [9.17, 15) is 13.2 Å². The average Bonchev–Trinajstić information content (AvgIpc) is 2.75. The highest BCUT2D eigenvalue weighted by Gasteiger charge is 2.31. The maximum Gasteiger partial charge on any atom is 0.224 e. The van der Waals surface area contributed by atoms with Crippen molar-refractivity contribution in [1.82, 2.24) is 14.5 Å². The molecule has 1 aromatic carbocycles. The van der Waals surface area contributed by atoms with Crippen LogP contribution >= 0.6 is 0 Å². The lowest BCUT2D eigenvalue weighted by Gasteiger charge is -2.31. The number of rotatable bonds is 13. The molecule has 6 nitrogen and oxygen atoms in total. The van der Waals surface area contributed by atoms with Gasteiger partial charge in [-0.15, -0.1) is 0 Å². The molecule has 1 aliphatic rings. The van der Waals surface area contributed by atoms with Crippen molar-refractivity contribution < 1.29 is 13.2 Å². The van der Waals surface area contributed by atoms with Gasteiger partial charge in [0.25, 0.3) is 0 Å². The maximum atomic E-state index is 12.6. The van der Waals surface area contributed by atoms with E-state index in [-0.39, 0.29) is 17.6 Å². The van der Waals surface area contributed by atoms with E-state index < -0.39 is 10.0 Å². The van der Waals surface area contributed by atoms with E-state index in [1.54, 1.807) is 0 Å². The Bertz CT molecular complexity index is 724. The summed E-state index contributed by atoms with van der Waals surface area (Å²) in [6.07, 6.45) is 5.36. The maximum absolute atomic E-state index is 12.6. The van der Waals surface area contributed by atoms with Gasteiger partial charge in [0.05, 0.1) is 11.7 Å². The van der Waals surface area contributed by atoms with Crippen molar-refractivity contribution in [1.29, 1.82) is 0 Å². The highest BCUT2D eigenvalue weighted by molar-refractivity contribution is 7.89. The summed E-state index contributed by atoms with van der Waals surface area (Å²) in [6, 6.07) is 10.5. The zero-order valence-corrected chi connectivity index (χ0v) is 19.5. The van der Waals surface area contributed by atoms with Crippen molar-refractivity contribution in [2.45, 2.75) is 58.9 Å². The molecule has 0 spiro atoms. The Morgan fingerprint density at radius 3 is 2.57 bits per heavy atom. The van der Waals surface area contributed by atoms with Crippen molar-refractivity contribution in [3.05, 3.63) is 35.9 Å². The molecule has 7 heteroatoms. The lowest BCUT2D eigenvalue weighted by Crippen LogP contribution is -2.46. The van der Waals surface area contributed by atoms with Crippen molar-refractivity contribution in [3.8, 4) is 0 Å². The summed E-state index contributed by atoms with van der Waals surface area (Å²) in [6.45, 7) is 8.50.